The largest absolute Gasteiger partial charge is 0.480 e. The number of carboxylic acids is 1. The minimum absolute atomic E-state index is 0.0481. The normalized spacial score (nSPS) is 14.0. The molecule has 0 unspecified atom stereocenters. The molecule has 1 heterocycles. The fourth-order valence-electron chi connectivity index (χ4n) is 4.09. The standard InChI is InChI=1S/C24H24N4O6/c1-13(29)20(23(31)32)26-22(30)21-19(11-28(2)27-21)25-24(33)34-12-18-16-9-5-3-7-14(16)15-8-4-6-10-17(15)18/h3-11,13,18,20,29H,12H2,1-2H3,(H,25,33)(H,26,30)(H,31,32)/t13-,20+/m1/s1. The number of ether oxygens (including phenoxy) is 1. The molecule has 0 spiro atoms. The Morgan fingerprint density at radius 1 is 1.09 bits per heavy atom. The van der Waals surface area contributed by atoms with Crippen LogP contribution in [0.4, 0.5) is 10.5 Å². The molecule has 0 radical (unpaired) electrons. The van der Waals surface area contributed by atoms with Crippen LogP contribution in [0.25, 0.3) is 11.1 Å². The Morgan fingerprint density at radius 3 is 2.24 bits per heavy atom. The number of nitrogens with zero attached hydrogens (tertiary/aromatic N) is 2. The van der Waals surface area contributed by atoms with E-state index in [1.807, 2.05) is 48.5 Å². The van der Waals surface area contributed by atoms with E-state index in [0.717, 1.165) is 22.3 Å². The van der Waals surface area contributed by atoms with Crippen LogP contribution in [-0.4, -0.2) is 56.7 Å². The number of nitrogens with one attached hydrogen (secondary N) is 2. The number of aliphatic hydroxyl groups excluding tert-OH is 1. The maximum atomic E-state index is 12.6. The van der Waals surface area contributed by atoms with Gasteiger partial charge < -0.3 is 20.3 Å². The molecule has 0 bridgehead atoms. The fourth-order valence-corrected chi connectivity index (χ4v) is 4.09. The minimum atomic E-state index is -1.53. The van der Waals surface area contributed by atoms with Gasteiger partial charge in [-0.05, 0) is 29.2 Å². The molecular formula is C24H24N4O6. The van der Waals surface area contributed by atoms with E-state index < -0.39 is 30.1 Å². The molecule has 2 aromatic carbocycles. The van der Waals surface area contributed by atoms with E-state index in [0.29, 0.717) is 0 Å². The smallest absolute Gasteiger partial charge is 0.411 e. The first-order chi connectivity index (χ1) is 16.3. The summed E-state index contributed by atoms with van der Waals surface area (Å²) < 4.78 is 6.79. The Morgan fingerprint density at radius 2 is 1.68 bits per heavy atom. The molecule has 10 heteroatoms. The lowest BCUT2D eigenvalue weighted by Gasteiger charge is -2.17. The van der Waals surface area contributed by atoms with Crippen molar-refractivity contribution in [3.05, 3.63) is 71.5 Å². The quantitative estimate of drug-likeness (QED) is 0.420. The number of carbonyl (C=O) groups is 3. The van der Waals surface area contributed by atoms with Crippen LogP contribution in [-0.2, 0) is 16.6 Å². The third-order valence-corrected chi connectivity index (χ3v) is 5.66. The molecule has 0 fully saturated rings. The molecule has 0 saturated carbocycles. The summed E-state index contributed by atoms with van der Waals surface area (Å²) in [6.45, 7) is 1.33. The molecule has 0 aliphatic heterocycles. The number of amides is 2. The van der Waals surface area contributed by atoms with Gasteiger partial charge >= 0.3 is 12.1 Å². The van der Waals surface area contributed by atoms with Crippen molar-refractivity contribution in [3.63, 3.8) is 0 Å². The molecule has 1 aliphatic carbocycles. The predicted molar refractivity (Wildman–Crippen MR) is 122 cm³/mol. The number of rotatable bonds is 7. The van der Waals surface area contributed by atoms with Gasteiger partial charge in [-0.1, -0.05) is 48.5 Å². The number of hydrogen-bond donors (Lipinski definition) is 4. The van der Waals surface area contributed by atoms with Crippen molar-refractivity contribution in [3.8, 4) is 11.1 Å². The van der Waals surface area contributed by atoms with Crippen molar-refractivity contribution < 1.29 is 29.3 Å². The third-order valence-electron chi connectivity index (χ3n) is 5.66. The van der Waals surface area contributed by atoms with Crippen LogP contribution < -0.4 is 10.6 Å². The van der Waals surface area contributed by atoms with Crippen molar-refractivity contribution in [1.29, 1.82) is 0 Å². The van der Waals surface area contributed by atoms with E-state index in [2.05, 4.69) is 15.7 Å². The van der Waals surface area contributed by atoms with Crippen molar-refractivity contribution >= 4 is 23.7 Å². The van der Waals surface area contributed by atoms with Gasteiger partial charge in [-0.3, -0.25) is 14.8 Å². The molecule has 10 nitrogen and oxygen atoms in total. The van der Waals surface area contributed by atoms with Gasteiger partial charge in [-0.25, -0.2) is 9.59 Å². The zero-order valence-corrected chi connectivity index (χ0v) is 18.6. The van der Waals surface area contributed by atoms with Gasteiger partial charge in [-0.15, -0.1) is 0 Å². The number of aromatic nitrogens is 2. The highest BCUT2D eigenvalue weighted by molar-refractivity contribution is 6.02. The van der Waals surface area contributed by atoms with Crippen molar-refractivity contribution in [2.45, 2.75) is 25.0 Å². The zero-order valence-electron chi connectivity index (χ0n) is 18.6. The SMILES string of the molecule is C[C@@H](O)[C@H](NC(=O)c1nn(C)cc1NC(=O)OCC1c2ccccc2-c2ccccc21)C(=O)O. The summed E-state index contributed by atoms with van der Waals surface area (Å²) in [5, 5.41) is 27.5. The molecule has 0 saturated heterocycles. The molecule has 2 amide bonds. The van der Waals surface area contributed by atoms with Crippen LogP contribution >= 0.6 is 0 Å². The van der Waals surface area contributed by atoms with Crippen molar-refractivity contribution in [1.82, 2.24) is 15.1 Å². The summed E-state index contributed by atoms with van der Waals surface area (Å²) in [6.07, 6.45) is -0.716. The number of hydrogen-bond acceptors (Lipinski definition) is 6. The van der Waals surface area contributed by atoms with Crippen LogP contribution in [0.15, 0.2) is 54.7 Å². The first-order valence-electron chi connectivity index (χ1n) is 10.6. The van der Waals surface area contributed by atoms with Crippen molar-refractivity contribution in [2.75, 3.05) is 11.9 Å². The summed E-state index contributed by atoms with van der Waals surface area (Å²) >= 11 is 0. The number of carbonyl (C=O) groups excluding carboxylic acids is 2. The van der Waals surface area contributed by atoms with Gasteiger partial charge in [0.15, 0.2) is 11.7 Å². The number of fused-ring (bicyclic) bond motifs is 3. The number of aliphatic carboxylic acids is 1. The lowest BCUT2D eigenvalue weighted by molar-refractivity contribution is -0.141. The number of aryl methyl sites for hydroxylation is 1. The number of anilines is 1. The van der Waals surface area contributed by atoms with E-state index in [1.54, 1.807) is 7.05 Å². The topological polar surface area (TPSA) is 143 Å². The number of aliphatic hydroxyl groups is 1. The highest BCUT2D eigenvalue weighted by Crippen LogP contribution is 2.44. The molecule has 1 aliphatic rings. The monoisotopic (exact) mass is 464 g/mol. The second-order valence-corrected chi connectivity index (χ2v) is 8.05. The van der Waals surface area contributed by atoms with Crippen LogP contribution in [0.1, 0.15) is 34.5 Å². The Labute approximate surface area is 195 Å². The van der Waals surface area contributed by atoms with E-state index >= 15 is 0 Å². The zero-order chi connectivity index (χ0) is 24.4. The summed E-state index contributed by atoms with van der Waals surface area (Å²) in [4.78, 5) is 36.4. The minimum Gasteiger partial charge on any atom is -0.480 e. The van der Waals surface area contributed by atoms with Crippen LogP contribution in [0.3, 0.4) is 0 Å². The molecule has 4 N–H and O–H groups in total. The first kappa shape index (κ1) is 23.0. The lowest BCUT2D eigenvalue weighted by Crippen LogP contribution is -2.47. The highest BCUT2D eigenvalue weighted by atomic mass is 16.5. The van der Waals surface area contributed by atoms with Gasteiger partial charge in [0.25, 0.3) is 5.91 Å². The maximum Gasteiger partial charge on any atom is 0.411 e. The van der Waals surface area contributed by atoms with Crippen LogP contribution in [0, 0.1) is 0 Å². The van der Waals surface area contributed by atoms with Gasteiger partial charge in [0.1, 0.15) is 6.61 Å². The summed E-state index contributed by atoms with van der Waals surface area (Å²) in [6, 6.07) is 14.4. The first-order valence-corrected chi connectivity index (χ1v) is 10.6. The second kappa shape index (κ2) is 9.36. The molecule has 3 aromatic rings. The average molecular weight is 464 g/mol. The summed E-state index contributed by atoms with van der Waals surface area (Å²) in [5.41, 5.74) is 4.18. The van der Waals surface area contributed by atoms with Crippen LogP contribution in [0.2, 0.25) is 0 Å². The van der Waals surface area contributed by atoms with Gasteiger partial charge in [0, 0.05) is 19.2 Å². The Bertz CT molecular complexity index is 1210. The van der Waals surface area contributed by atoms with Gasteiger partial charge in [-0.2, -0.15) is 5.10 Å². The molecule has 4 rings (SSSR count). The third kappa shape index (κ3) is 4.48. The Hall–Kier alpha value is -4.18. The molecule has 34 heavy (non-hydrogen) atoms. The number of benzene rings is 2. The molecular weight excluding hydrogens is 440 g/mol. The lowest BCUT2D eigenvalue weighted by atomic mass is 9.98. The van der Waals surface area contributed by atoms with E-state index in [4.69, 9.17) is 4.74 Å². The maximum absolute atomic E-state index is 12.6. The van der Waals surface area contributed by atoms with E-state index in [-0.39, 0.29) is 23.9 Å². The van der Waals surface area contributed by atoms with E-state index in [1.165, 1.54) is 17.8 Å². The fraction of sp³-hybridized carbons (Fsp3) is 0.250. The molecule has 176 valence electrons. The van der Waals surface area contributed by atoms with Crippen molar-refractivity contribution in [2.24, 2.45) is 7.05 Å². The molecule has 2 atom stereocenters. The predicted octanol–water partition coefficient (Wildman–Crippen LogP) is 2.34. The Balaban J connectivity index is 1.46. The Kier molecular flexibility index (Phi) is 6.33. The van der Waals surface area contributed by atoms with Gasteiger partial charge in [0.2, 0.25) is 0 Å². The number of carboxylic acid groups (broad SMARTS) is 1. The summed E-state index contributed by atoms with van der Waals surface area (Å²) in [5.74, 6) is -2.38. The highest BCUT2D eigenvalue weighted by Gasteiger charge is 2.30. The van der Waals surface area contributed by atoms with Crippen LogP contribution in [0.5, 0.6) is 0 Å². The van der Waals surface area contributed by atoms with Gasteiger partial charge in [0.05, 0.1) is 11.8 Å². The summed E-state index contributed by atoms with van der Waals surface area (Å²) in [7, 11) is 1.54. The molecule has 1 aromatic heterocycles. The van der Waals surface area contributed by atoms with E-state index in [9.17, 15) is 24.6 Å². The average Bonchev–Trinajstić information content (AvgIpc) is 3.33. The second-order valence-electron chi connectivity index (χ2n) is 8.05.